The number of rotatable bonds is 6. The van der Waals surface area contributed by atoms with E-state index in [2.05, 4.69) is 17.1 Å². The third kappa shape index (κ3) is 2.87. The lowest BCUT2D eigenvalue weighted by Crippen LogP contribution is -2.60. The minimum absolute atomic E-state index is 0.0434. The molecular weight excluding hydrogens is 228 g/mol. The fourth-order valence-corrected chi connectivity index (χ4v) is 3.22. The highest BCUT2D eigenvalue weighted by Crippen LogP contribution is 2.42. The molecule has 1 heterocycles. The smallest absolute Gasteiger partial charge is 0.0674 e. The van der Waals surface area contributed by atoms with Crippen LogP contribution in [0.25, 0.3) is 0 Å². The second-order valence-corrected chi connectivity index (χ2v) is 6.42. The van der Waals surface area contributed by atoms with Crippen LogP contribution in [-0.2, 0) is 4.74 Å². The molecule has 2 saturated carbocycles. The standard InChI is InChI=1S/C14H26N2O2/c1-11-8-16(6-7-18-11)9-14(10-17,12-2-3-12)15-13-4-5-13/h11-13,15,17H,2-10H2,1H3. The van der Waals surface area contributed by atoms with Crippen LogP contribution in [0.1, 0.15) is 32.6 Å². The van der Waals surface area contributed by atoms with Crippen molar-refractivity contribution < 1.29 is 9.84 Å². The monoisotopic (exact) mass is 254 g/mol. The number of ether oxygens (including phenoxy) is 1. The number of nitrogens with one attached hydrogen (secondary N) is 1. The van der Waals surface area contributed by atoms with Crippen molar-refractivity contribution in [2.24, 2.45) is 5.92 Å². The zero-order valence-corrected chi connectivity index (χ0v) is 11.4. The summed E-state index contributed by atoms with van der Waals surface area (Å²) in [4.78, 5) is 2.47. The van der Waals surface area contributed by atoms with Crippen LogP contribution in [0, 0.1) is 5.92 Å². The van der Waals surface area contributed by atoms with E-state index < -0.39 is 0 Å². The molecule has 1 saturated heterocycles. The van der Waals surface area contributed by atoms with Gasteiger partial charge in [0.15, 0.2) is 0 Å². The Kier molecular flexibility index (Phi) is 3.63. The first kappa shape index (κ1) is 12.9. The number of hydrogen-bond donors (Lipinski definition) is 2. The Morgan fingerprint density at radius 2 is 2.11 bits per heavy atom. The topological polar surface area (TPSA) is 44.7 Å². The lowest BCUT2D eigenvalue weighted by Gasteiger charge is -2.41. The quantitative estimate of drug-likeness (QED) is 0.728. The van der Waals surface area contributed by atoms with Crippen LogP contribution in [0.5, 0.6) is 0 Å². The predicted molar refractivity (Wildman–Crippen MR) is 70.6 cm³/mol. The van der Waals surface area contributed by atoms with E-state index in [4.69, 9.17) is 4.74 Å². The van der Waals surface area contributed by atoms with E-state index in [-0.39, 0.29) is 12.1 Å². The zero-order chi connectivity index (χ0) is 12.6. The van der Waals surface area contributed by atoms with Crippen LogP contribution < -0.4 is 5.32 Å². The van der Waals surface area contributed by atoms with Gasteiger partial charge in [-0.05, 0) is 38.5 Å². The molecule has 2 unspecified atom stereocenters. The Labute approximate surface area is 110 Å². The largest absolute Gasteiger partial charge is 0.394 e. The minimum atomic E-state index is -0.0434. The van der Waals surface area contributed by atoms with Gasteiger partial charge in [0.25, 0.3) is 0 Å². The molecule has 2 aliphatic carbocycles. The van der Waals surface area contributed by atoms with E-state index in [9.17, 15) is 5.11 Å². The average Bonchev–Trinajstić information content (AvgIpc) is 3.21. The summed E-state index contributed by atoms with van der Waals surface area (Å²) in [6, 6.07) is 0.663. The van der Waals surface area contributed by atoms with Gasteiger partial charge in [-0.3, -0.25) is 4.90 Å². The van der Waals surface area contributed by atoms with Gasteiger partial charge in [0.2, 0.25) is 0 Å². The summed E-state index contributed by atoms with van der Waals surface area (Å²) in [7, 11) is 0. The SMILES string of the molecule is CC1CN(CC(CO)(NC2CC2)C2CC2)CCO1. The normalized spacial score (nSPS) is 33.3. The second-order valence-electron chi connectivity index (χ2n) is 6.42. The fraction of sp³-hybridized carbons (Fsp3) is 1.00. The van der Waals surface area contributed by atoms with Gasteiger partial charge in [0, 0.05) is 25.7 Å². The van der Waals surface area contributed by atoms with E-state index >= 15 is 0 Å². The van der Waals surface area contributed by atoms with E-state index in [1.54, 1.807) is 0 Å². The summed E-state index contributed by atoms with van der Waals surface area (Å²) in [6.07, 6.45) is 5.46. The first-order valence-corrected chi connectivity index (χ1v) is 7.44. The number of hydrogen-bond acceptors (Lipinski definition) is 4. The van der Waals surface area contributed by atoms with Crippen molar-refractivity contribution in [3.05, 3.63) is 0 Å². The van der Waals surface area contributed by atoms with E-state index in [0.717, 1.165) is 26.2 Å². The summed E-state index contributed by atoms with van der Waals surface area (Å²) in [5, 5.41) is 13.7. The van der Waals surface area contributed by atoms with Crippen LogP contribution in [0.4, 0.5) is 0 Å². The first-order chi connectivity index (χ1) is 8.72. The van der Waals surface area contributed by atoms with Gasteiger partial charge in [-0.25, -0.2) is 0 Å². The summed E-state index contributed by atoms with van der Waals surface area (Å²) in [5.74, 6) is 0.682. The van der Waals surface area contributed by atoms with Crippen LogP contribution in [0.15, 0.2) is 0 Å². The molecular formula is C14H26N2O2. The van der Waals surface area contributed by atoms with Crippen LogP contribution in [0.2, 0.25) is 0 Å². The molecule has 1 aliphatic heterocycles. The van der Waals surface area contributed by atoms with Gasteiger partial charge < -0.3 is 15.2 Å². The Morgan fingerprint density at radius 3 is 2.67 bits per heavy atom. The van der Waals surface area contributed by atoms with Crippen molar-refractivity contribution in [3.8, 4) is 0 Å². The first-order valence-electron chi connectivity index (χ1n) is 7.44. The van der Waals surface area contributed by atoms with E-state index in [1.165, 1.54) is 25.7 Å². The van der Waals surface area contributed by atoms with Gasteiger partial charge in [0.05, 0.1) is 24.9 Å². The van der Waals surface area contributed by atoms with Crippen LogP contribution >= 0.6 is 0 Å². The molecule has 0 spiro atoms. The van der Waals surface area contributed by atoms with Gasteiger partial charge in [0.1, 0.15) is 0 Å². The highest BCUT2D eigenvalue weighted by Gasteiger charge is 2.48. The molecule has 2 N–H and O–H groups in total. The highest BCUT2D eigenvalue weighted by atomic mass is 16.5. The number of morpholine rings is 1. The van der Waals surface area contributed by atoms with Crippen molar-refractivity contribution in [1.82, 2.24) is 10.2 Å². The van der Waals surface area contributed by atoms with Gasteiger partial charge in [-0.1, -0.05) is 0 Å². The van der Waals surface area contributed by atoms with Crippen molar-refractivity contribution in [2.45, 2.75) is 50.3 Å². The Hall–Kier alpha value is -0.160. The van der Waals surface area contributed by atoms with E-state index in [0.29, 0.717) is 18.1 Å². The minimum Gasteiger partial charge on any atom is -0.394 e. The molecule has 4 heteroatoms. The van der Waals surface area contributed by atoms with Gasteiger partial charge in [-0.2, -0.15) is 0 Å². The lowest BCUT2D eigenvalue weighted by atomic mass is 9.92. The number of aliphatic hydroxyl groups is 1. The molecule has 0 aromatic heterocycles. The van der Waals surface area contributed by atoms with Crippen molar-refractivity contribution >= 4 is 0 Å². The summed E-state index contributed by atoms with van der Waals surface area (Å²) >= 11 is 0. The molecule has 3 fully saturated rings. The Balaban J connectivity index is 1.63. The molecule has 4 nitrogen and oxygen atoms in total. The maximum atomic E-state index is 9.94. The zero-order valence-electron chi connectivity index (χ0n) is 11.4. The summed E-state index contributed by atoms with van der Waals surface area (Å²) in [6.45, 7) is 6.24. The van der Waals surface area contributed by atoms with E-state index in [1.807, 2.05) is 0 Å². The Bertz CT molecular complexity index is 292. The van der Waals surface area contributed by atoms with Crippen LogP contribution in [-0.4, -0.2) is 60.5 Å². The maximum absolute atomic E-state index is 9.94. The number of aliphatic hydroxyl groups excluding tert-OH is 1. The Morgan fingerprint density at radius 1 is 1.33 bits per heavy atom. The summed E-state index contributed by atoms with van der Waals surface area (Å²) in [5.41, 5.74) is -0.0434. The molecule has 3 aliphatic rings. The van der Waals surface area contributed by atoms with Crippen molar-refractivity contribution in [2.75, 3.05) is 32.8 Å². The molecule has 2 atom stereocenters. The fourth-order valence-electron chi connectivity index (χ4n) is 3.22. The van der Waals surface area contributed by atoms with Crippen LogP contribution in [0.3, 0.4) is 0 Å². The van der Waals surface area contributed by atoms with Gasteiger partial charge >= 0.3 is 0 Å². The highest BCUT2D eigenvalue weighted by molar-refractivity contribution is 5.06. The second kappa shape index (κ2) is 5.08. The molecule has 18 heavy (non-hydrogen) atoms. The van der Waals surface area contributed by atoms with Crippen molar-refractivity contribution in [1.29, 1.82) is 0 Å². The van der Waals surface area contributed by atoms with Crippen molar-refractivity contribution in [3.63, 3.8) is 0 Å². The van der Waals surface area contributed by atoms with Gasteiger partial charge in [-0.15, -0.1) is 0 Å². The third-order valence-corrected chi connectivity index (χ3v) is 4.54. The third-order valence-electron chi connectivity index (χ3n) is 4.54. The molecule has 0 amide bonds. The molecule has 0 radical (unpaired) electrons. The lowest BCUT2D eigenvalue weighted by molar-refractivity contribution is -0.0346. The molecule has 0 aromatic carbocycles. The molecule has 104 valence electrons. The molecule has 0 aromatic rings. The average molecular weight is 254 g/mol. The predicted octanol–water partition coefficient (Wildman–Crippen LogP) is 0.600. The maximum Gasteiger partial charge on any atom is 0.0674 e. The number of nitrogens with zero attached hydrogens (tertiary/aromatic N) is 1. The summed E-state index contributed by atoms with van der Waals surface area (Å²) < 4.78 is 5.60. The molecule has 3 rings (SSSR count). The molecule has 0 bridgehead atoms.